The molecule has 0 atom stereocenters. The second kappa shape index (κ2) is 8.57. The molecule has 2 heterocycles. The molecule has 0 radical (unpaired) electrons. The normalized spacial score (nSPS) is 11.0. The molecule has 3 rings (SSSR count). The van der Waals surface area contributed by atoms with Crippen molar-refractivity contribution >= 4 is 11.6 Å². The van der Waals surface area contributed by atoms with Crippen molar-refractivity contribution in [1.29, 1.82) is 0 Å². The van der Waals surface area contributed by atoms with Crippen LogP contribution in [0.25, 0.3) is 22.6 Å². The van der Waals surface area contributed by atoms with E-state index in [4.69, 9.17) is 11.6 Å². The zero-order chi connectivity index (χ0) is 21.1. The number of nitrogens with zero attached hydrogens (tertiary/aromatic N) is 2. The van der Waals surface area contributed by atoms with E-state index in [1.54, 1.807) is 24.5 Å². The van der Waals surface area contributed by atoms with Crippen molar-refractivity contribution in [3.05, 3.63) is 81.3 Å². The van der Waals surface area contributed by atoms with Gasteiger partial charge in [-0.15, -0.1) is 0 Å². The zero-order valence-corrected chi connectivity index (χ0v) is 17.3. The Bertz CT molecular complexity index is 1120. The maximum absolute atomic E-state index is 15.3. The van der Waals surface area contributed by atoms with Crippen LogP contribution in [0.3, 0.4) is 0 Å². The van der Waals surface area contributed by atoms with Gasteiger partial charge in [0.05, 0.1) is 16.3 Å². The number of aryl methyl sites for hydroxylation is 1. The monoisotopic (exact) mass is 412 g/mol. The summed E-state index contributed by atoms with van der Waals surface area (Å²) in [5.41, 5.74) is 2.85. The van der Waals surface area contributed by atoms with Crippen LogP contribution in [0.5, 0.6) is 0 Å². The molecule has 0 unspecified atom stereocenters. The smallest absolute Gasteiger partial charge is 0.251 e. The Morgan fingerprint density at radius 2 is 2.07 bits per heavy atom. The quantitative estimate of drug-likeness (QED) is 0.606. The molecule has 0 bridgehead atoms. The van der Waals surface area contributed by atoms with Gasteiger partial charge in [-0.1, -0.05) is 38.1 Å². The van der Waals surface area contributed by atoms with Crippen LogP contribution in [0.1, 0.15) is 25.0 Å². The molecule has 5 nitrogen and oxygen atoms in total. The summed E-state index contributed by atoms with van der Waals surface area (Å²) in [7, 11) is 0. The Morgan fingerprint density at radius 3 is 2.76 bits per heavy atom. The zero-order valence-electron chi connectivity index (χ0n) is 16.5. The topological polar surface area (TPSA) is 70.7 Å². The number of aromatic amines is 1. The van der Waals surface area contributed by atoms with Crippen molar-refractivity contribution in [3.63, 3.8) is 0 Å². The van der Waals surface area contributed by atoms with Crippen LogP contribution in [0.15, 0.2) is 53.7 Å². The second-order valence-electron chi connectivity index (χ2n) is 7.16. The average Bonchev–Trinajstić information content (AvgIpc) is 2.66. The van der Waals surface area contributed by atoms with E-state index in [2.05, 4.69) is 26.8 Å². The van der Waals surface area contributed by atoms with Crippen LogP contribution in [-0.4, -0.2) is 15.0 Å². The van der Waals surface area contributed by atoms with Crippen molar-refractivity contribution in [2.45, 2.75) is 27.3 Å². The minimum absolute atomic E-state index is 0.0562. The third-order valence-corrected chi connectivity index (χ3v) is 4.84. The molecule has 29 heavy (non-hydrogen) atoms. The first-order chi connectivity index (χ1) is 13.8. The highest BCUT2D eigenvalue weighted by atomic mass is 35.5. The fourth-order valence-electron chi connectivity index (χ4n) is 2.78. The molecule has 0 aliphatic rings. The molecular formula is C22H22ClFN4O. The predicted molar refractivity (Wildman–Crippen MR) is 114 cm³/mol. The number of pyridine rings is 1. The molecule has 2 aromatic heterocycles. The van der Waals surface area contributed by atoms with Gasteiger partial charge in [-0.25, -0.2) is 9.37 Å². The summed E-state index contributed by atoms with van der Waals surface area (Å²) >= 11 is 6.27. The van der Waals surface area contributed by atoms with Gasteiger partial charge < -0.3 is 10.3 Å². The first-order valence-corrected chi connectivity index (χ1v) is 9.57. The van der Waals surface area contributed by atoms with E-state index in [9.17, 15) is 4.79 Å². The maximum atomic E-state index is 15.3. The highest BCUT2D eigenvalue weighted by Crippen LogP contribution is 2.31. The number of rotatable bonds is 6. The predicted octanol–water partition coefficient (Wildman–Crippen LogP) is 4.86. The molecule has 0 spiro atoms. The van der Waals surface area contributed by atoms with Gasteiger partial charge in [0.15, 0.2) is 0 Å². The molecule has 0 fully saturated rings. The molecule has 0 amide bonds. The Labute approximate surface area is 173 Å². The van der Waals surface area contributed by atoms with E-state index in [0.717, 1.165) is 11.3 Å². The molecule has 7 heteroatoms. The molecule has 0 aliphatic carbocycles. The van der Waals surface area contributed by atoms with Crippen molar-refractivity contribution in [1.82, 2.24) is 20.3 Å². The largest absolute Gasteiger partial charge is 0.384 e. The number of halogens is 2. The van der Waals surface area contributed by atoms with Gasteiger partial charge in [0.2, 0.25) is 0 Å². The first kappa shape index (κ1) is 20.7. The lowest BCUT2D eigenvalue weighted by Crippen LogP contribution is -2.17. The van der Waals surface area contributed by atoms with Crippen LogP contribution in [0.4, 0.5) is 4.39 Å². The molecule has 150 valence electrons. The lowest BCUT2D eigenvalue weighted by Gasteiger charge is -2.15. The van der Waals surface area contributed by atoms with Gasteiger partial charge >= 0.3 is 0 Å². The van der Waals surface area contributed by atoms with Crippen molar-refractivity contribution < 1.29 is 4.39 Å². The molecule has 3 aromatic rings. The molecule has 0 saturated carbocycles. The lowest BCUT2D eigenvalue weighted by atomic mass is 10.1. The molecule has 1 aromatic carbocycles. The number of hydrogen-bond acceptors (Lipinski definition) is 4. The van der Waals surface area contributed by atoms with E-state index < -0.39 is 11.4 Å². The average molecular weight is 413 g/mol. The van der Waals surface area contributed by atoms with Gasteiger partial charge in [0, 0.05) is 41.8 Å². The van der Waals surface area contributed by atoms with Gasteiger partial charge in [0.25, 0.3) is 5.56 Å². The lowest BCUT2D eigenvalue weighted by molar-refractivity contribution is 0.591. The summed E-state index contributed by atoms with van der Waals surface area (Å²) in [6.45, 7) is 10.1. The van der Waals surface area contributed by atoms with Crippen molar-refractivity contribution in [2.24, 2.45) is 5.92 Å². The Morgan fingerprint density at radius 1 is 1.31 bits per heavy atom. The SMILES string of the molecule is C=C(NCc1ccc(Cl)c(-c2nc(-c3cncc(C)c3)cc(=O)[nH]2)c1F)C(C)C. The Hall–Kier alpha value is -2.99. The molecule has 0 saturated heterocycles. The Kier molecular flexibility index (Phi) is 6.13. The van der Waals surface area contributed by atoms with Gasteiger partial charge in [-0.05, 0) is 30.5 Å². The van der Waals surface area contributed by atoms with Crippen molar-refractivity contribution in [3.8, 4) is 22.6 Å². The molecule has 0 aliphatic heterocycles. The fourth-order valence-corrected chi connectivity index (χ4v) is 3.02. The van der Waals surface area contributed by atoms with Crippen LogP contribution in [-0.2, 0) is 6.54 Å². The third-order valence-electron chi connectivity index (χ3n) is 4.52. The van der Waals surface area contributed by atoms with E-state index >= 15 is 4.39 Å². The number of nitrogens with one attached hydrogen (secondary N) is 2. The van der Waals surface area contributed by atoms with Crippen LogP contribution < -0.4 is 10.9 Å². The van der Waals surface area contributed by atoms with Crippen LogP contribution in [0.2, 0.25) is 5.02 Å². The highest BCUT2D eigenvalue weighted by Gasteiger charge is 2.18. The minimum atomic E-state index is -0.538. The minimum Gasteiger partial charge on any atom is -0.384 e. The number of hydrogen-bond donors (Lipinski definition) is 2. The summed E-state index contributed by atoms with van der Waals surface area (Å²) in [5, 5.41) is 3.28. The second-order valence-corrected chi connectivity index (χ2v) is 7.57. The number of H-pyrrole nitrogens is 1. The number of allylic oxidation sites excluding steroid dienone is 1. The van der Waals surface area contributed by atoms with E-state index in [1.807, 2.05) is 26.8 Å². The maximum Gasteiger partial charge on any atom is 0.251 e. The summed E-state index contributed by atoms with van der Waals surface area (Å²) in [5.74, 6) is -0.243. The van der Waals surface area contributed by atoms with E-state index in [0.29, 0.717) is 16.8 Å². The van der Waals surface area contributed by atoms with Crippen LogP contribution >= 0.6 is 11.6 Å². The summed E-state index contributed by atoms with van der Waals surface area (Å²) in [4.78, 5) is 23.4. The van der Waals surface area contributed by atoms with E-state index in [1.165, 1.54) is 6.07 Å². The summed E-state index contributed by atoms with van der Waals surface area (Å²) in [6, 6.07) is 6.41. The summed E-state index contributed by atoms with van der Waals surface area (Å²) in [6.07, 6.45) is 3.31. The standard InChI is InChI=1S/C22H22ClFN4O/c1-12(2)14(4)26-11-15-5-6-17(23)20(21(15)24)22-27-18(8-19(29)28-22)16-7-13(3)9-25-10-16/h5-10,12,26H,4,11H2,1-3H3,(H,27,28,29). The first-order valence-electron chi connectivity index (χ1n) is 9.19. The molecule has 2 N–H and O–H groups in total. The van der Waals surface area contributed by atoms with Gasteiger partial charge in [-0.3, -0.25) is 9.78 Å². The highest BCUT2D eigenvalue weighted by molar-refractivity contribution is 6.33. The van der Waals surface area contributed by atoms with Crippen LogP contribution in [0, 0.1) is 18.7 Å². The van der Waals surface area contributed by atoms with Gasteiger partial charge in [0.1, 0.15) is 11.6 Å². The third kappa shape index (κ3) is 4.71. The summed E-state index contributed by atoms with van der Waals surface area (Å²) < 4.78 is 15.3. The van der Waals surface area contributed by atoms with Gasteiger partial charge in [-0.2, -0.15) is 0 Å². The Balaban J connectivity index is 2.05. The van der Waals surface area contributed by atoms with E-state index in [-0.39, 0.29) is 28.9 Å². The number of benzene rings is 1. The fraction of sp³-hybridized carbons (Fsp3) is 0.227. The van der Waals surface area contributed by atoms with Crippen molar-refractivity contribution in [2.75, 3.05) is 0 Å². The number of aromatic nitrogens is 3. The molecular weight excluding hydrogens is 391 g/mol.